The van der Waals surface area contributed by atoms with Gasteiger partial charge in [-0.15, -0.1) is 0 Å². The minimum Gasteiger partial charge on any atom is -0.444 e. The molecule has 1 aliphatic heterocycles. The largest absolute Gasteiger partial charge is 0.444 e. The van der Waals surface area contributed by atoms with Crippen molar-refractivity contribution in [1.82, 2.24) is 15.2 Å². The molecule has 1 aromatic heterocycles. The molecule has 3 amide bonds. The van der Waals surface area contributed by atoms with E-state index in [1.807, 2.05) is 64.1 Å². The van der Waals surface area contributed by atoms with Gasteiger partial charge in [-0.05, 0) is 58.7 Å². The van der Waals surface area contributed by atoms with E-state index < -0.39 is 23.2 Å². The molecule has 2 heterocycles. The lowest BCUT2D eigenvalue weighted by molar-refractivity contribution is -0.138. The lowest BCUT2D eigenvalue weighted by Crippen LogP contribution is -2.65. The average Bonchev–Trinajstić information content (AvgIpc) is 2.85. The van der Waals surface area contributed by atoms with Crippen LogP contribution in [0.3, 0.4) is 0 Å². The van der Waals surface area contributed by atoms with Gasteiger partial charge in [-0.1, -0.05) is 43.5 Å². The quantitative estimate of drug-likeness (QED) is 0.604. The molecule has 4 rings (SSSR count). The van der Waals surface area contributed by atoms with E-state index in [-0.39, 0.29) is 30.9 Å². The summed E-state index contributed by atoms with van der Waals surface area (Å²) in [4.78, 5) is 48.1. The molecule has 2 fully saturated rings. The first-order valence-electron chi connectivity index (χ1n) is 13.1. The van der Waals surface area contributed by atoms with Crippen molar-refractivity contribution in [2.75, 3.05) is 18.0 Å². The summed E-state index contributed by atoms with van der Waals surface area (Å²) in [7, 11) is 0. The van der Waals surface area contributed by atoms with E-state index in [0.29, 0.717) is 11.3 Å². The van der Waals surface area contributed by atoms with Gasteiger partial charge in [0.1, 0.15) is 11.6 Å². The number of para-hydroxylation sites is 1. The SMILES string of the molecule is CC(C)(C)OC(=O)N1CC(C)(C(=O)N(c2ccccc2)C(C(=O)NC2CCCCC2)c2cccnc2)C1. The molecule has 1 saturated heterocycles. The highest BCUT2D eigenvalue weighted by Gasteiger charge is 2.52. The van der Waals surface area contributed by atoms with Crippen molar-refractivity contribution < 1.29 is 19.1 Å². The number of hydrogen-bond acceptors (Lipinski definition) is 5. The molecule has 1 N–H and O–H groups in total. The monoisotopic (exact) mass is 506 g/mol. The van der Waals surface area contributed by atoms with Crippen LogP contribution in [0.5, 0.6) is 0 Å². The Morgan fingerprint density at radius 2 is 1.73 bits per heavy atom. The van der Waals surface area contributed by atoms with Gasteiger partial charge in [-0.3, -0.25) is 19.5 Å². The third kappa shape index (κ3) is 6.29. The number of nitrogens with one attached hydrogen (secondary N) is 1. The maximum absolute atomic E-state index is 14.3. The maximum Gasteiger partial charge on any atom is 0.410 e. The molecule has 8 heteroatoms. The van der Waals surface area contributed by atoms with Gasteiger partial charge in [-0.25, -0.2) is 4.79 Å². The second-order valence-electron chi connectivity index (χ2n) is 11.4. The summed E-state index contributed by atoms with van der Waals surface area (Å²) in [5, 5.41) is 3.22. The Bertz CT molecular complexity index is 1090. The van der Waals surface area contributed by atoms with Crippen LogP contribution in [0.1, 0.15) is 71.4 Å². The van der Waals surface area contributed by atoms with Gasteiger partial charge in [0, 0.05) is 42.8 Å². The molecule has 1 unspecified atom stereocenters. The Labute approximate surface area is 219 Å². The van der Waals surface area contributed by atoms with Crippen LogP contribution >= 0.6 is 0 Å². The zero-order valence-corrected chi connectivity index (χ0v) is 22.3. The van der Waals surface area contributed by atoms with Crippen LogP contribution in [0.2, 0.25) is 0 Å². The van der Waals surface area contributed by atoms with Crippen molar-refractivity contribution in [3.8, 4) is 0 Å². The molecule has 1 aromatic carbocycles. The van der Waals surface area contributed by atoms with Crippen LogP contribution in [0, 0.1) is 5.41 Å². The van der Waals surface area contributed by atoms with Crippen LogP contribution in [-0.4, -0.2) is 52.5 Å². The summed E-state index contributed by atoms with van der Waals surface area (Å²) in [5.41, 5.74) is -0.221. The van der Waals surface area contributed by atoms with Crippen molar-refractivity contribution in [1.29, 1.82) is 0 Å². The van der Waals surface area contributed by atoms with Crippen LogP contribution in [0.15, 0.2) is 54.9 Å². The standard InChI is InChI=1S/C29H38N4O4/c1-28(2,3)37-27(36)32-19-29(4,20-32)26(35)33(23-15-9-6-10-16-23)24(21-12-11-17-30-18-21)25(34)31-22-13-7-5-8-14-22/h6,9-12,15-18,22,24H,5,7-8,13-14,19-20H2,1-4H3,(H,31,34). The van der Waals surface area contributed by atoms with Crippen molar-refractivity contribution in [2.24, 2.45) is 5.41 Å². The molecular formula is C29H38N4O4. The highest BCUT2D eigenvalue weighted by molar-refractivity contribution is 6.05. The third-order valence-electron chi connectivity index (χ3n) is 6.96. The van der Waals surface area contributed by atoms with E-state index >= 15 is 0 Å². The molecule has 2 aliphatic rings. The fourth-order valence-corrected chi connectivity index (χ4v) is 5.13. The number of aromatic nitrogens is 1. The van der Waals surface area contributed by atoms with E-state index in [2.05, 4.69) is 10.3 Å². The zero-order chi connectivity index (χ0) is 26.6. The number of ether oxygens (including phenoxy) is 1. The molecule has 0 spiro atoms. The summed E-state index contributed by atoms with van der Waals surface area (Å²) in [6.07, 6.45) is 8.08. The van der Waals surface area contributed by atoms with E-state index in [0.717, 1.165) is 25.7 Å². The van der Waals surface area contributed by atoms with Crippen LogP contribution in [0.25, 0.3) is 0 Å². The second-order valence-corrected chi connectivity index (χ2v) is 11.4. The fraction of sp³-hybridized carbons (Fsp3) is 0.517. The van der Waals surface area contributed by atoms with E-state index in [4.69, 9.17) is 4.74 Å². The summed E-state index contributed by atoms with van der Waals surface area (Å²) in [5.74, 6) is -0.435. The smallest absolute Gasteiger partial charge is 0.410 e. The summed E-state index contributed by atoms with van der Waals surface area (Å²) < 4.78 is 5.49. The molecule has 1 aliphatic carbocycles. The number of likely N-dealkylation sites (tertiary alicyclic amines) is 1. The normalized spacial score (nSPS) is 18.3. The van der Waals surface area contributed by atoms with E-state index in [9.17, 15) is 14.4 Å². The van der Waals surface area contributed by atoms with Crippen LogP contribution in [0.4, 0.5) is 10.5 Å². The molecule has 1 atom stereocenters. The number of anilines is 1. The molecule has 0 radical (unpaired) electrons. The van der Waals surface area contributed by atoms with Crippen LogP contribution < -0.4 is 10.2 Å². The van der Waals surface area contributed by atoms with Crippen molar-refractivity contribution >= 4 is 23.6 Å². The Hall–Kier alpha value is -3.42. The molecular weight excluding hydrogens is 468 g/mol. The van der Waals surface area contributed by atoms with Gasteiger partial charge in [0.15, 0.2) is 0 Å². The van der Waals surface area contributed by atoms with Crippen molar-refractivity contribution in [2.45, 2.75) is 77.5 Å². The topological polar surface area (TPSA) is 91.8 Å². The highest BCUT2D eigenvalue weighted by atomic mass is 16.6. The van der Waals surface area contributed by atoms with Gasteiger partial charge < -0.3 is 15.0 Å². The van der Waals surface area contributed by atoms with Gasteiger partial charge in [0.25, 0.3) is 0 Å². The van der Waals surface area contributed by atoms with Crippen molar-refractivity contribution in [3.63, 3.8) is 0 Å². The Balaban J connectivity index is 1.65. The molecule has 8 nitrogen and oxygen atoms in total. The van der Waals surface area contributed by atoms with Gasteiger partial charge in [-0.2, -0.15) is 0 Å². The summed E-state index contributed by atoms with van der Waals surface area (Å²) >= 11 is 0. The summed E-state index contributed by atoms with van der Waals surface area (Å²) in [6.45, 7) is 7.72. The lowest BCUT2D eigenvalue weighted by atomic mass is 9.80. The molecule has 37 heavy (non-hydrogen) atoms. The highest BCUT2D eigenvalue weighted by Crippen LogP contribution is 2.38. The number of carbonyl (C=O) groups excluding carboxylic acids is 3. The Kier molecular flexibility index (Phi) is 7.85. The average molecular weight is 507 g/mol. The Morgan fingerprint density at radius 1 is 1.05 bits per heavy atom. The predicted molar refractivity (Wildman–Crippen MR) is 142 cm³/mol. The number of rotatable bonds is 6. The lowest BCUT2D eigenvalue weighted by Gasteiger charge is -2.49. The van der Waals surface area contributed by atoms with Crippen molar-refractivity contribution in [3.05, 3.63) is 60.4 Å². The van der Waals surface area contributed by atoms with E-state index in [1.54, 1.807) is 23.4 Å². The predicted octanol–water partition coefficient (Wildman–Crippen LogP) is 4.86. The number of pyridine rings is 1. The number of nitrogens with zero attached hydrogens (tertiary/aromatic N) is 3. The van der Waals surface area contributed by atoms with E-state index in [1.165, 1.54) is 11.3 Å². The second kappa shape index (κ2) is 10.9. The number of amides is 3. The molecule has 0 bridgehead atoms. The minimum absolute atomic E-state index is 0.0927. The number of hydrogen-bond donors (Lipinski definition) is 1. The first-order chi connectivity index (χ1) is 17.6. The minimum atomic E-state index is -0.891. The molecule has 1 saturated carbocycles. The first kappa shape index (κ1) is 26.6. The number of carbonyl (C=O) groups is 3. The number of benzene rings is 1. The maximum atomic E-state index is 14.3. The summed E-state index contributed by atoms with van der Waals surface area (Å²) in [6, 6.07) is 12.1. The third-order valence-corrected chi connectivity index (χ3v) is 6.96. The van der Waals surface area contributed by atoms with Gasteiger partial charge in [0.05, 0.1) is 5.41 Å². The molecule has 2 aromatic rings. The van der Waals surface area contributed by atoms with Gasteiger partial charge >= 0.3 is 6.09 Å². The first-order valence-corrected chi connectivity index (χ1v) is 13.1. The molecule has 198 valence electrons. The Morgan fingerprint density at radius 3 is 2.32 bits per heavy atom. The van der Waals surface area contributed by atoms with Crippen LogP contribution in [-0.2, 0) is 14.3 Å². The zero-order valence-electron chi connectivity index (χ0n) is 22.3. The van der Waals surface area contributed by atoms with Gasteiger partial charge in [0.2, 0.25) is 11.8 Å². The fourth-order valence-electron chi connectivity index (χ4n) is 5.13.